The van der Waals surface area contributed by atoms with Gasteiger partial charge in [0.1, 0.15) is 5.56 Å². The van der Waals surface area contributed by atoms with Crippen molar-refractivity contribution in [2.75, 3.05) is 7.11 Å². The van der Waals surface area contributed by atoms with E-state index in [0.717, 1.165) is 5.69 Å². The average Bonchev–Trinajstić information content (AvgIpc) is 2.66. The fourth-order valence-corrected chi connectivity index (χ4v) is 1.73. The van der Waals surface area contributed by atoms with Crippen molar-refractivity contribution in [3.63, 3.8) is 0 Å². The first-order valence-corrected chi connectivity index (χ1v) is 5.16. The predicted molar refractivity (Wildman–Crippen MR) is 60.1 cm³/mol. The van der Waals surface area contributed by atoms with E-state index in [4.69, 9.17) is 9.84 Å². The van der Waals surface area contributed by atoms with Crippen LogP contribution in [0.4, 0.5) is 0 Å². The second kappa shape index (κ2) is 4.14. The largest absolute Gasteiger partial charge is 0.478 e. The molecule has 0 saturated heterocycles. The Morgan fingerprint density at radius 3 is 2.88 bits per heavy atom. The Morgan fingerprint density at radius 1 is 1.59 bits per heavy atom. The van der Waals surface area contributed by atoms with E-state index in [0.29, 0.717) is 11.3 Å². The van der Waals surface area contributed by atoms with Crippen LogP contribution in [-0.2, 0) is 4.74 Å². The Morgan fingerprint density at radius 2 is 2.29 bits per heavy atom. The fraction of sp³-hybridized carbons (Fsp3) is 0.364. The number of fused-ring (bicyclic) bond motifs is 1. The first-order valence-electron chi connectivity index (χ1n) is 5.16. The van der Waals surface area contributed by atoms with E-state index in [1.807, 2.05) is 6.92 Å². The third-order valence-electron chi connectivity index (χ3n) is 2.61. The molecule has 0 aliphatic heterocycles. The average molecular weight is 235 g/mol. The summed E-state index contributed by atoms with van der Waals surface area (Å²) in [5.41, 5.74) is 2.00. The van der Waals surface area contributed by atoms with Crippen molar-refractivity contribution >= 4 is 11.6 Å². The zero-order valence-electron chi connectivity index (χ0n) is 9.84. The summed E-state index contributed by atoms with van der Waals surface area (Å²) in [6.07, 6.45) is 0.967. The molecule has 2 heterocycles. The van der Waals surface area contributed by atoms with Gasteiger partial charge in [-0.25, -0.2) is 14.3 Å². The number of carboxylic acids is 1. The van der Waals surface area contributed by atoms with E-state index in [2.05, 4.69) is 10.1 Å². The van der Waals surface area contributed by atoms with Gasteiger partial charge in [0, 0.05) is 19.4 Å². The molecule has 2 aromatic rings. The summed E-state index contributed by atoms with van der Waals surface area (Å²) in [5, 5.41) is 13.4. The number of carboxylic acid groups (broad SMARTS) is 1. The molecule has 0 aromatic carbocycles. The van der Waals surface area contributed by atoms with Crippen LogP contribution in [0.15, 0.2) is 12.3 Å². The summed E-state index contributed by atoms with van der Waals surface area (Å²) in [4.78, 5) is 15.2. The molecule has 1 unspecified atom stereocenters. The molecular weight excluding hydrogens is 222 g/mol. The molecule has 6 nitrogen and oxygen atoms in total. The number of rotatable bonds is 3. The van der Waals surface area contributed by atoms with Crippen molar-refractivity contribution in [2.45, 2.75) is 20.0 Å². The third-order valence-corrected chi connectivity index (χ3v) is 2.61. The number of aryl methyl sites for hydroxylation is 1. The van der Waals surface area contributed by atoms with E-state index >= 15 is 0 Å². The summed E-state index contributed by atoms with van der Waals surface area (Å²) >= 11 is 0. The van der Waals surface area contributed by atoms with E-state index in [1.54, 1.807) is 13.0 Å². The maximum absolute atomic E-state index is 11.2. The molecule has 90 valence electrons. The van der Waals surface area contributed by atoms with Gasteiger partial charge in [-0.05, 0) is 13.8 Å². The highest BCUT2D eigenvalue weighted by Crippen LogP contribution is 2.21. The Balaban J connectivity index is 2.78. The SMILES string of the molecule is COC(C)c1c(C(=O)O)cnc2cc(C)nn12. The van der Waals surface area contributed by atoms with E-state index < -0.39 is 5.97 Å². The van der Waals surface area contributed by atoms with Crippen LogP contribution in [0.2, 0.25) is 0 Å². The van der Waals surface area contributed by atoms with Crippen molar-refractivity contribution in [3.8, 4) is 0 Å². The van der Waals surface area contributed by atoms with E-state index in [1.165, 1.54) is 17.8 Å². The van der Waals surface area contributed by atoms with Crippen LogP contribution in [0, 0.1) is 6.92 Å². The lowest BCUT2D eigenvalue weighted by atomic mass is 10.1. The minimum atomic E-state index is -1.04. The van der Waals surface area contributed by atoms with Crippen LogP contribution in [0.5, 0.6) is 0 Å². The Labute approximate surface area is 97.9 Å². The molecule has 0 aliphatic carbocycles. The lowest BCUT2D eigenvalue weighted by molar-refractivity contribution is 0.0678. The van der Waals surface area contributed by atoms with Crippen LogP contribution in [0.3, 0.4) is 0 Å². The number of ether oxygens (including phenoxy) is 1. The Bertz CT molecular complexity index is 577. The highest BCUT2D eigenvalue weighted by molar-refractivity contribution is 5.89. The first-order chi connectivity index (χ1) is 8.04. The summed E-state index contributed by atoms with van der Waals surface area (Å²) in [7, 11) is 1.53. The summed E-state index contributed by atoms with van der Waals surface area (Å²) in [5.74, 6) is -1.04. The fourth-order valence-electron chi connectivity index (χ4n) is 1.73. The minimum Gasteiger partial charge on any atom is -0.478 e. The molecular formula is C11H13N3O3. The van der Waals surface area contributed by atoms with Gasteiger partial charge in [-0.3, -0.25) is 0 Å². The second-order valence-corrected chi connectivity index (χ2v) is 3.80. The number of nitrogens with zero attached hydrogens (tertiary/aromatic N) is 3. The normalized spacial score (nSPS) is 12.9. The maximum atomic E-state index is 11.2. The van der Waals surface area contributed by atoms with Gasteiger partial charge in [-0.15, -0.1) is 0 Å². The zero-order chi connectivity index (χ0) is 12.6. The van der Waals surface area contributed by atoms with Gasteiger partial charge in [-0.1, -0.05) is 0 Å². The summed E-state index contributed by atoms with van der Waals surface area (Å²) < 4.78 is 6.71. The molecule has 0 fully saturated rings. The van der Waals surface area contributed by atoms with Crippen LogP contribution in [0.1, 0.15) is 34.8 Å². The first kappa shape index (κ1) is 11.5. The van der Waals surface area contributed by atoms with E-state index in [-0.39, 0.29) is 11.7 Å². The number of methoxy groups -OCH3 is 1. The molecule has 0 amide bonds. The van der Waals surface area contributed by atoms with Crippen molar-refractivity contribution in [1.29, 1.82) is 0 Å². The molecule has 0 aliphatic rings. The van der Waals surface area contributed by atoms with Gasteiger partial charge < -0.3 is 9.84 Å². The van der Waals surface area contributed by atoms with Crippen LogP contribution >= 0.6 is 0 Å². The molecule has 0 spiro atoms. The number of carbonyl (C=O) groups is 1. The van der Waals surface area contributed by atoms with E-state index in [9.17, 15) is 4.79 Å². The van der Waals surface area contributed by atoms with Gasteiger partial charge in [0.25, 0.3) is 0 Å². The molecule has 1 N–H and O–H groups in total. The van der Waals surface area contributed by atoms with Gasteiger partial charge in [0.2, 0.25) is 0 Å². The summed E-state index contributed by atoms with van der Waals surface area (Å²) in [6.45, 7) is 3.61. The lowest BCUT2D eigenvalue weighted by Crippen LogP contribution is -2.14. The van der Waals surface area contributed by atoms with Crippen molar-refractivity contribution < 1.29 is 14.6 Å². The molecule has 1 atom stereocenters. The molecule has 2 rings (SSSR count). The Kier molecular flexibility index (Phi) is 2.81. The monoisotopic (exact) mass is 235 g/mol. The smallest absolute Gasteiger partial charge is 0.339 e. The minimum absolute atomic E-state index is 0.106. The molecule has 17 heavy (non-hydrogen) atoms. The predicted octanol–water partition coefficient (Wildman–Crippen LogP) is 1.44. The number of aromatic carboxylic acids is 1. The highest BCUT2D eigenvalue weighted by Gasteiger charge is 2.20. The van der Waals surface area contributed by atoms with Crippen molar-refractivity contribution in [3.05, 3.63) is 29.2 Å². The standard InChI is InChI=1S/C11H13N3O3/c1-6-4-9-12-5-8(11(15)16)10(7(2)17-3)14(9)13-6/h4-5,7H,1-3H3,(H,15,16). The lowest BCUT2D eigenvalue weighted by Gasteiger charge is -2.13. The molecule has 0 bridgehead atoms. The van der Waals surface area contributed by atoms with Crippen molar-refractivity contribution in [2.24, 2.45) is 0 Å². The molecule has 2 aromatic heterocycles. The van der Waals surface area contributed by atoms with Crippen LogP contribution in [-0.4, -0.2) is 32.8 Å². The van der Waals surface area contributed by atoms with Gasteiger partial charge in [0.15, 0.2) is 5.65 Å². The zero-order valence-corrected chi connectivity index (χ0v) is 9.84. The van der Waals surface area contributed by atoms with Crippen LogP contribution < -0.4 is 0 Å². The third kappa shape index (κ3) is 1.87. The van der Waals surface area contributed by atoms with Gasteiger partial charge in [0.05, 0.1) is 17.5 Å². The van der Waals surface area contributed by atoms with Crippen molar-refractivity contribution in [1.82, 2.24) is 14.6 Å². The maximum Gasteiger partial charge on any atom is 0.339 e. The number of hydrogen-bond acceptors (Lipinski definition) is 4. The van der Waals surface area contributed by atoms with Gasteiger partial charge >= 0.3 is 5.97 Å². The highest BCUT2D eigenvalue weighted by atomic mass is 16.5. The summed E-state index contributed by atoms with van der Waals surface area (Å²) in [6, 6.07) is 1.79. The molecule has 0 radical (unpaired) electrons. The van der Waals surface area contributed by atoms with Crippen LogP contribution in [0.25, 0.3) is 5.65 Å². The number of hydrogen-bond donors (Lipinski definition) is 1. The molecule has 0 saturated carbocycles. The van der Waals surface area contributed by atoms with Gasteiger partial charge in [-0.2, -0.15) is 5.10 Å². The second-order valence-electron chi connectivity index (χ2n) is 3.80. The quantitative estimate of drug-likeness (QED) is 0.871. The molecule has 6 heteroatoms. The number of aromatic nitrogens is 3. The topological polar surface area (TPSA) is 76.7 Å². The Hall–Kier alpha value is -1.95.